The van der Waals surface area contributed by atoms with Crippen LogP contribution in [0.1, 0.15) is 21.5 Å². The number of hydrogen-bond acceptors (Lipinski definition) is 3. The highest BCUT2D eigenvalue weighted by molar-refractivity contribution is 7.92. The number of nitrogens with one attached hydrogen (secondary N) is 2. The minimum Gasteiger partial charge on any atom is -0.348 e. The molecule has 0 radical (unpaired) electrons. The normalized spacial score (nSPS) is 11.1. The van der Waals surface area contributed by atoms with Gasteiger partial charge in [-0.3, -0.25) is 9.52 Å². The van der Waals surface area contributed by atoms with Crippen LogP contribution in [0.4, 0.5) is 5.69 Å². The van der Waals surface area contributed by atoms with Crippen molar-refractivity contribution in [1.29, 1.82) is 0 Å². The standard InChI is InChI=1S/C21H19ClN2O3S/c1-15-7-2-5-12-20(15)24-28(26,27)18-10-6-9-16(13-18)21(25)23-14-17-8-3-4-11-19(17)22/h2-13,24H,14H2,1H3,(H,23,25). The zero-order chi connectivity index (χ0) is 20.1. The Hall–Kier alpha value is -2.83. The topological polar surface area (TPSA) is 75.3 Å². The van der Waals surface area contributed by atoms with Gasteiger partial charge in [0.25, 0.3) is 15.9 Å². The molecule has 0 aliphatic heterocycles. The maximum atomic E-state index is 12.7. The first-order valence-electron chi connectivity index (χ1n) is 8.57. The van der Waals surface area contributed by atoms with Crippen molar-refractivity contribution in [2.45, 2.75) is 18.4 Å². The van der Waals surface area contributed by atoms with Gasteiger partial charge in [0.05, 0.1) is 10.6 Å². The highest BCUT2D eigenvalue weighted by atomic mass is 35.5. The lowest BCUT2D eigenvalue weighted by Crippen LogP contribution is -2.23. The van der Waals surface area contributed by atoms with E-state index >= 15 is 0 Å². The largest absolute Gasteiger partial charge is 0.348 e. The highest BCUT2D eigenvalue weighted by Crippen LogP contribution is 2.20. The summed E-state index contributed by atoms with van der Waals surface area (Å²) in [5.74, 6) is -0.382. The molecule has 0 unspecified atom stereocenters. The van der Waals surface area contributed by atoms with E-state index < -0.39 is 10.0 Å². The molecule has 5 nitrogen and oxygen atoms in total. The Morgan fingerprint density at radius 1 is 0.964 bits per heavy atom. The summed E-state index contributed by atoms with van der Waals surface area (Å²) in [5.41, 5.74) is 2.33. The van der Waals surface area contributed by atoms with Crippen molar-refractivity contribution in [3.05, 3.63) is 94.5 Å². The first-order valence-corrected chi connectivity index (χ1v) is 10.4. The Morgan fingerprint density at radius 3 is 2.43 bits per heavy atom. The third-order valence-electron chi connectivity index (χ3n) is 4.19. The Balaban J connectivity index is 1.77. The molecule has 3 aromatic rings. The van der Waals surface area contributed by atoms with Gasteiger partial charge in [0.1, 0.15) is 0 Å². The number of rotatable bonds is 6. The van der Waals surface area contributed by atoms with E-state index in [9.17, 15) is 13.2 Å². The number of sulfonamides is 1. The van der Waals surface area contributed by atoms with Crippen molar-refractivity contribution in [3.63, 3.8) is 0 Å². The number of halogens is 1. The first kappa shape index (κ1) is 19.9. The van der Waals surface area contributed by atoms with Crippen LogP contribution >= 0.6 is 11.6 Å². The average Bonchev–Trinajstić information content (AvgIpc) is 2.69. The number of carbonyl (C=O) groups excluding carboxylic acids is 1. The Kier molecular flexibility index (Phi) is 6.02. The minimum absolute atomic E-state index is 0.0150. The fourth-order valence-corrected chi connectivity index (χ4v) is 3.99. The van der Waals surface area contributed by atoms with Crippen LogP contribution in [0.15, 0.2) is 77.7 Å². The Bertz CT molecular complexity index is 1110. The van der Waals surface area contributed by atoms with Crippen molar-refractivity contribution >= 4 is 33.2 Å². The predicted molar refractivity (Wildman–Crippen MR) is 111 cm³/mol. The van der Waals surface area contributed by atoms with Gasteiger partial charge in [0.15, 0.2) is 0 Å². The van der Waals surface area contributed by atoms with Crippen LogP contribution < -0.4 is 10.0 Å². The molecular weight excluding hydrogens is 396 g/mol. The van der Waals surface area contributed by atoms with Crippen LogP contribution in [0.25, 0.3) is 0 Å². The molecule has 3 rings (SSSR count). The molecule has 0 saturated heterocycles. The summed E-state index contributed by atoms with van der Waals surface area (Å²) >= 11 is 6.09. The van der Waals surface area contributed by atoms with Gasteiger partial charge < -0.3 is 5.32 Å². The smallest absolute Gasteiger partial charge is 0.261 e. The van der Waals surface area contributed by atoms with E-state index in [1.54, 1.807) is 24.3 Å². The van der Waals surface area contributed by atoms with Gasteiger partial charge in [-0.05, 0) is 48.4 Å². The van der Waals surface area contributed by atoms with E-state index in [4.69, 9.17) is 11.6 Å². The zero-order valence-electron chi connectivity index (χ0n) is 15.1. The molecule has 0 saturated carbocycles. The molecular formula is C21H19ClN2O3S. The average molecular weight is 415 g/mol. The number of aryl methyl sites for hydroxylation is 1. The zero-order valence-corrected chi connectivity index (χ0v) is 16.7. The second-order valence-electron chi connectivity index (χ2n) is 6.22. The summed E-state index contributed by atoms with van der Waals surface area (Å²) in [4.78, 5) is 12.5. The van der Waals surface area contributed by atoms with Gasteiger partial charge in [0.2, 0.25) is 0 Å². The maximum Gasteiger partial charge on any atom is 0.261 e. The number of carbonyl (C=O) groups is 1. The van der Waals surface area contributed by atoms with Crippen molar-refractivity contribution in [2.24, 2.45) is 0 Å². The fourth-order valence-electron chi connectivity index (χ4n) is 2.61. The van der Waals surface area contributed by atoms with Crippen LogP contribution in [0.2, 0.25) is 5.02 Å². The van der Waals surface area contributed by atoms with Gasteiger partial charge in [-0.25, -0.2) is 8.42 Å². The molecule has 7 heteroatoms. The minimum atomic E-state index is -3.82. The van der Waals surface area contributed by atoms with Gasteiger partial charge in [-0.1, -0.05) is 54.1 Å². The summed E-state index contributed by atoms with van der Waals surface area (Å²) in [6.07, 6.45) is 0. The van der Waals surface area contributed by atoms with E-state index in [0.717, 1.165) is 11.1 Å². The quantitative estimate of drug-likeness (QED) is 0.628. The van der Waals surface area contributed by atoms with Crippen molar-refractivity contribution in [3.8, 4) is 0 Å². The Morgan fingerprint density at radius 2 is 1.68 bits per heavy atom. The fraction of sp³-hybridized carbons (Fsp3) is 0.0952. The molecule has 0 fully saturated rings. The van der Waals surface area contributed by atoms with Crippen LogP contribution in [-0.2, 0) is 16.6 Å². The molecule has 0 aromatic heterocycles. The number of anilines is 1. The number of benzene rings is 3. The molecule has 0 atom stereocenters. The molecule has 0 aliphatic rings. The molecule has 28 heavy (non-hydrogen) atoms. The maximum absolute atomic E-state index is 12.7. The highest BCUT2D eigenvalue weighted by Gasteiger charge is 2.17. The van der Waals surface area contributed by atoms with Crippen LogP contribution in [-0.4, -0.2) is 14.3 Å². The molecule has 144 valence electrons. The third kappa shape index (κ3) is 4.71. The van der Waals surface area contributed by atoms with E-state index in [2.05, 4.69) is 10.0 Å². The molecule has 0 heterocycles. The Labute approximate surface area is 169 Å². The third-order valence-corrected chi connectivity index (χ3v) is 5.93. The summed E-state index contributed by atoms with van der Waals surface area (Å²) in [5, 5.41) is 3.31. The van der Waals surface area contributed by atoms with Crippen molar-refractivity contribution < 1.29 is 13.2 Å². The van der Waals surface area contributed by atoms with E-state index in [1.807, 2.05) is 37.3 Å². The first-order chi connectivity index (χ1) is 13.4. The van der Waals surface area contributed by atoms with Gasteiger partial charge in [-0.2, -0.15) is 0 Å². The second kappa shape index (κ2) is 8.46. The van der Waals surface area contributed by atoms with E-state index in [0.29, 0.717) is 10.7 Å². The van der Waals surface area contributed by atoms with Crippen LogP contribution in [0.3, 0.4) is 0 Å². The monoisotopic (exact) mass is 414 g/mol. The lowest BCUT2D eigenvalue weighted by atomic mass is 10.2. The SMILES string of the molecule is Cc1ccccc1NS(=O)(=O)c1cccc(C(=O)NCc2ccccc2Cl)c1. The van der Waals surface area contributed by atoms with E-state index in [-0.39, 0.29) is 22.9 Å². The summed E-state index contributed by atoms with van der Waals surface area (Å²) < 4.78 is 27.9. The lowest BCUT2D eigenvalue weighted by molar-refractivity contribution is 0.0950. The summed E-state index contributed by atoms with van der Waals surface area (Å²) in [7, 11) is -3.82. The molecule has 2 N–H and O–H groups in total. The van der Waals surface area contributed by atoms with Crippen LogP contribution in [0, 0.1) is 6.92 Å². The molecule has 0 bridgehead atoms. The van der Waals surface area contributed by atoms with E-state index in [1.165, 1.54) is 18.2 Å². The molecule has 0 aliphatic carbocycles. The van der Waals surface area contributed by atoms with Gasteiger partial charge >= 0.3 is 0 Å². The summed E-state index contributed by atoms with van der Waals surface area (Å²) in [6, 6.07) is 20.2. The van der Waals surface area contributed by atoms with Crippen molar-refractivity contribution in [2.75, 3.05) is 4.72 Å². The van der Waals surface area contributed by atoms with Gasteiger partial charge in [0, 0.05) is 17.1 Å². The molecule has 0 spiro atoms. The lowest BCUT2D eigenvalue weighted by Gasteiger charge is -2.12. The summed E-state index contributed by atoms with van der Waals surface area (Å²) in [6.45, 7) is 2.06. The number of para-hydroxylation sites is 1. The number of hydrogen-bond donors (Lipinski definition) is 2. The second-order valence-corrected chi connectivity index (χ2v) is 8.31. The predicted octanol–water partition coefficient (Wildman–Crippen LogP) is 4.38. The molecule has 1 amide bonds. The number of amides is 1. The van der Waals surface area contributed by atoms with Crippen LogP contribution in [0.5, 0.6) is 0 Å². The van der Waals surface area contributed by atoms with Crippen molar-refractivity contribution in [1.82, 2.24) is 5.32 Å². The van der Waals surface area contributed by atoms with Gasteiger partial charge in [-0.15, -0.1) is 0 Å². The molecule has 3 aromatic carbocycles.